The summed E-state index contributed by atoms with van der Waals surface area (Å²) in [5, 5.41) is 4.10. The molecule has 1 fully saturated rings. The van der Waals surface area contributed by atoms with E-state index < -0.39 is 0 Å². The fraction of sp³-hybridized carbons (Fsp3) is 0.526. The van der Waals surface area contributed by atoms with E-state index in [1.165, 1.54) is 38.4 Å². The zero-order valence-electron chi connectivity index (χ0n) is 14.4. The van der Waals surface area contributed by atoms with Crippen LogP contribution >= 0.6 is 0 Å². The molecule has 0 spiro atoms. The van der Waals surface area contributed by atoms with E-state index in [9.17, 15) is 4.79 Å². The fourth-order valence-corrected chi connectivity index (χ4v) is 3.43. The van der Waals surface area contributed by atoms with Gasteiger partial charge in [-0.3, -0.25) is 4.79 Å². The van der Waals surface area contributed by atoms with Crippen molar-refractivity contribution >= 4 is 5.91 Å². The number of rotatable bonds is 6. The molecule has 0 atom stereocenters. The van der Waals surface area contributed by atoms with Gasteiger partial charge >= 0.3 is 0 Å². The maximum absolute atomic E-state index is 12.5. The van der Waals surface area contributed by atoms with Crippen molar-refractivity contribution in [2.45, 2.75) is 45.1 Å². The molecule has 5 nitrogen and oxygen atoms in total. The average molecular weight is 326 g/mol. The second kappa shape index (κ2) is 8.08. The number of amides is 1. The molecule has 1 aromatic carbocycles. The lowest BCUT2D eigenvalue weighted by atomic mass is 9.87. The van der Waals surface area contributed by atoms with E-state index >= 15 is 0 Å². The summed E-state index contributed by atoms with van der Waals surface area (Å²) in [7, 11) is 1.91. The highest BCUT2D eigenvalue weighted by atomic mass is 16.2. The van der Waals surface area contributed by atoms with Gasteiger partial charge < -0.3 is 4.90 Å². The van der Waals surface area contributed by atoms with E-state index in [1.807, 2.05) is 36.2 Å². The topological polar surface area (TPSA) is 51.0 Å². The Hall–Kier alpha value is -2.17. The van der Waals surface area contributed by atoms with Gasteiger partial charge in [-0.05, 0) is 30.0 Å². The monoisotopic (exact) mass is 326 g/mol. The number of aromatic nitrogens is 3. The molecule has 1 amide bonds. The summed E-state index contributed by atoms with van der Waals surface area (Å²) in [6.07, 6.45) is 11.1. The summed E-state index contributed by atoms with van der Waals surface area (Å²) in [5.74, 6) is 0.914. The molecule has 1 aliphatic carbocycles. The minimum atomic E-state index is 0.109. The third-order valence-electron chi connectivity index (χ3n) is 4.96. The van der Waals surface area contributed by atoms with Crippen molar-refractivity contribution < 1.29 is 4.79 Å². The number of hydrogen-bond donors (Lipinski definition) is 0. The molecule has 3 rings (SSSR count). The highest BCUT2D eigenvalue weighted by molar-refractivity contribution is 5.94. The molecule has 0 bridgehead atoms. The zero-order chi connectivity index (χ0) is 16.8. The van der Waals surface area contributed by atoms with Crippen LogP contribution < -0.4 is 0 Å². The van der Waals surface area contributed by atoms with Crippen LogP contribution in [0.25, 0.3) is 0 Å². The molecule has 128 valence electrons. The molecule has 1 aliphatic rings. The summed E-state index contributed by atoms with van der Waals surface area (Å²) in [5.41, 5.74) is 1.87. The van der Waals surface area contributed by atoms with Gasteiger partial charge in [0.2, 0.25) is 0 Å². The summed E-state index contributed by atoms with van der Waals surface area (Å²) < 4.78 is 1.77. The van der Waals surface area contributed by atoms with Gasteiger partial charge in [0.05, 0.1) is 6.54 Å². The molecule has 0 saturated heterocycles. The number of nitrogens with zero attached hydrogens (tertiary/aromatic N) is 4. The molecule has 1 aromatic heterocycles. The largest absolute Gasteiger partial charge is 0.342 e. The van der Waals surface area contributed by atoms with E-state index in [-0.39, 0.29) is 5.91 Å². The zero-order valence-corrected chi connectivity index (χ0v) is 14.4. The fourth-order valence-electron chi connectivity index (χ4n) is 3.43. The molecule has 0 radical (unpaired) electrons. The quantitative estimate of drug-likeness (QED) is 0.818. The van der Waals surface area contributed by atoms with Crippen molar-refractivity contribution in [1.29, 1.82) is 0 Å². The van der Waals surface area contributed by atoms with Gasteiger partial charge in [-0.15, -0.1) is 0 Å². The maximum Gasteiger partial charge on any atom is 0.253 e. The van der Waals surface area contributed by atoms with Crippen LogP contribution in [0.4, 0.5) is 0 Å². The Bertz CT molecular complexity index is 630. The van der Waals surface area contributed by atoms with Crippen LogP contribution in [0.1, 0.15) is 54.4 Å². The Morgan fingerprint density at radius 2 is 1.96 bits per heavy atom. The SMILES string of the molecule is CN(CCC1CCCCC1)C(=O)c1ccc(Cn2cncn2)cc1. The molecule has 5 heteroatoms. The van der Waals surface area contributed by atoms with E-state index in [4.69, 9.17) is 0 Å². The van der Waals surface area contributed by atoms with Crippen molar-refractivity contribution in [2.24, 2.45) is 5.92 Å². The first-order valence-corrected chi connectivity index (χ1v) is 8.89. The number of benzene rings is 1. The van der Waals surface area contributed by atoms with Crippen LogP contribution in [-0.2, 0) is 6.54 Å². The lowest BCUT2D eigenvalue weighted by Gasteiger charge is -2.24. The first kappa shape index (κ1) is 16.7. The van der Waals surface area contributed by atoms with Crippen molar-refractivity contribution in [1.82, 2.24) is 19.7 Å². The predicted molar refractivity (Wildman–Crippen MR) is 93.7 cm³/mol. The van der Waals surface area contributed by atoms with Crippen LogP contribution in [0.3, 0.4) is 0 Å². The summed E-state index contributed by atoms with van der Waals surface area (Å²) >= 11 is 0. The number of carbonyl (C=O) groups excluding carboxylic acids is 1. The van der Waals surface area contributed by atoms with Crippen LogP contribution in [0.2, 0.25) is 0 Å². The lowest BCUT2D eigenvalue weighted by Crippen LogP contribution is -2.29. The van der Waals surface area contributed by atoms with Crippen molar-refractivity contribution in [3.8, 4) is 0 Å². The maximum atomic E-state index is 12.5. The van der Waals surface area contributed by atoms with Gasteiger partial charge in [-0.1, -0.05) is 44.2 Å². The molecule has 1 heterocycles. The van der Waals surface area contributed by atoms with E-state index in [2.05, 4.69) is 10.1 Å². The Kier molecular flexibility index (Phi) is 5.62. The average Bonchev–Trinajstić information content (AvgIpc) is 3.13. The molecule has 0 N–H and O–H groups in total. The Balaban J connectivity index is 1.51. The van der Waals surface area contributed by atoms with Gasteiger partial charge in [-0.2, -0.15) is 5.10 Å². The van der Waals surface area contributed by atoms with Crippen LogP contribution in [0.15, 0.2) is 36.9 Å². The van der Waals surface area contributed by atoms with Crippen LogP contribution in [0, 0.1) is 5.92 Å². The van der Waals surface area contributed by atoms with E-state index in [1.54, 1.807) is 11.0 Å². The number of hydrogen-bond acceptors (Lipinski definition) is 3. The van der Waals surface area contributed by atoms with Crippen molar-refractivity contribution in [3.63, 3.8) is 0 Å². The Morgan fingerprint density at radius 3 is 2.62 bits per heavy atom. The van der Waals surface area contributed by atoms with Gasteiger partial charge in [-0.25, -0.2) is 9.67 Å². The molecule has 24 heavy (non-hydrogen) atoms. The van der Waals surface area contributed by atoms with Crippen molar-refractivity contribution in [2.75, 3.05) is 13.6 Å². The van der Waals surface area contributed by atoms with Gasteiger partial charge in [0.25, 0.3) is 5.91 Å². The molecular formula is C19H26N4O. The van der Waals surface area contributed by atoms with Crippen LogP contribution in [-0.4, -0.2) is 39.2 Å². The minimum Gasteiger partial charge on any atom is -0.342 e. The predicted octanol–water partition coefficient (Wildman–Crippen LogP) is 3.37. The van der Waals surface area contributed by atoms with E-state index in [0.717, 1.165) is 30.0 Å². The minimum absolute atomic E-state index is 0.109. The Morgan fingerprint density at radius 1 is 1.21 bits per heavy atom. The van der Waals surface area contributed by atoms with Gasteiger partial charge in [0.1, 0.15) is 12.7 Å². The standard InChI is InChI=1S/C19H26N4O/c1-22(12-11-16-5-3-2-4-6-16)19(24)18-9-7-17(8-10-18)13-23-15-20-14-21-23/h7-10,14-16H,2-6,11-13H2,1H3. The third kappa shape index (κ3) is 4.43. The molecule has 2 aromatic rings. The van der Waals surface area contributed by atoms with Crippen molar-refractivity contribution in [3.05, 3.63) is 48.0 Å². The second-order valence-corrected chi connectivity index (χ2v) is 6.81. The normalized spacial score (nSPS) is 15.4. The first-order valence-electron chi connectivity index (χ1n) is 8.89. The van der Waals surface area contributed by atoms with Crippen LogP contribution in [0.5, 0.6) is 0 Å². The number of carbonyl (C=O) groups is 1. The highest BCUT2D eigenvalue weighted by Gasteiger charge is 2.16. The first-order chi connectivity index (χ1) is 11.7. The van der Waals surface area contributed by atoms with Gasteiger partial charge in [0.15, 0.2) is 0 Å². The highest BCUT2D eigenvalue weighted by Crippen LogP contribution is 2.26. The molecule has 1 saturated carbocycles. The third-order valence-corrected chi connectivity index (χ3v) is 4.96. The molecule has 0 unspecified atom stereocenters. The summed E-state index contributed by atoms with van der Waals surface area (Å²) in [6, 6.07) is 7.80. The van der Waals surface area contributed by atoms with Gasteiger partial charge in [0, 0.05) is 19.2 Å². The lowest BCUT2D eigenvalue weighted by molar-refractivity contribution is 0.0784. The Labute approximate surface area is 143 Å². The second-order valence-electron chi connectivity index (χ2n) is 6.81. The summed E-state index contributed by atoms with van der Waals surface area (Å²) in [6.45, 7) is 1.52. The molecular weight excluding hydrogens is 300 g/mol. The summed E-state index contributed by atoms with van der Waals surface area (Å²) in [4.78, 5) is 18.3. The van der Waals surface area contributed by atoms with E-state index in [0.29, 0.717) is 6.54 Å². The molecule has 0 aliphatic heterocycles. The smallest absolute Gasteiger partial charge is 0.253 e.